The maximum absolute atomic E-state index is 13.1. The summed E-state index contributed by atoms with van der Waals surface area (Å²) >= 11 is 0. The molecule has 12 nitrogen and oxygen atoms in total. The van der Waals surface area contributed by atoms with Crippen molar-refractivity contribution in [1.29, 1.82) is 0 Å². The molecule has 2 atom stereocenters. The molecule has 20 heteroatoms. The van der Waals surface area contributed by atoms with Gasteiger partial charge in [0.2, 0.25) is 6.43 Å². The summed E-state index contributed by atoms with van der Waals surface area (Å²) in [7, 11) is 1.70. The van der Waals surface area contributed by atoms with E-state index in [1.165, 1.54) is 26.2 Å². The number of ether oxygens (including phenoxy) is 11. The Hall–Kier alpha value is -1.04. The Morgan fingerprint density at radius 3 is 1.11 bits per heavy atom. The van der Waals surface area contributed by atoms with Gasteiger partial charge in [-0.25, -0.2) is 30.7 Å². The highest BCUT2D eigenvalue weighted by atomic mass is 19.3. The normalized spacial score (nSPS) is 14.7. The van der Waals surface area contributed by atoms with E-state index in [0.29, 0.717) is 82.9 Å². The highest BCUT2D eigenvalue weighted by Gasteiger charge is 2.37. The first kappa shape index (κ1) is 104. The second kappa shape index (κ2) is 72.8. The molecule has 0 bridgehead atoms. The maximum Gasteiger partial charge on any atom is 0.240 e. The summed E-state index contributed by atoms with van der Waals surface area (Å²) in [5.74, 6) is 1.21. The molecule has 0 spiro atoms. The molecule has 3 fully saturated rings. The smallest absolute Gasteiger partial charge is 0.240 e. The first-order valence-electron chi connectivity index (χ1n) is 33.5. The number of aliphatic hydroxyl groups is 1. The van der Waals surface area contributed by atoms with Gasteiger partial charge in [0.15, 0.2) is 0 Å². The van der Waals surface area contributed by atoms with Gasteiger partial charge in [-0.05, 0) is 243 Å². The van der Waals surface area contributed by atoms with Crippen molar-refractivity contribution in [2.75, 3.05) is 93.1 Å². The first-order chi connectivity index (χ1) is 41.1. The van der Waals surface area contributed by atoms with Crippen molar-refractivity contribution in [3.05, 3.63) is 0 Å². The molecule has 0 heterocycles. The Balaban J connectivity index is -0.000000136. The predicted molar refractivity (Wildman–Crippen MR) is 356 cm³/mol. The van der Waals surface area contributed by atoms with E-state index in [0.717, 1.165) is 38.4 Å². The van der Waals surface area contributed by atoms with Crippen molar-refractivity contribution in [2.45, 2.75) is 348 Å². The van der Waals surface area contributed by atoms with E-state index in [4.69, 9.17) is 57.2 Å². The van der Waals surface area contributed by atoms with Crippen molar-refractivity contribution >= 4 is 0 Å². The van der Waals surface area contributed by atoms with Crippen LogP contribution < -0.4 is 0 Å². The van der Waals surface area contributed by atoms with Gasteiger partial charge < -0.3 is 57.2 Å². The lowest BCUT2D eigenvalue weighted by molar-refractivity contribution is -0.0542. The first-order valence-corrected chi connectivity index (χ1v) is 33.5. The van der Waals surface area contributed by atoms with E-state index >= 15 is 0 Å². The van der Waals surface area contributed by atoms with Gasteiger partial charge in [-0.15, -0.1) is 0 Å². The quantitative estimate of drug-likeness (QED) is 0.0488. The number of aliphatic hydroxyl groups excluding tert-OH is 1. The summed E-state index contributed by atoms with van der Waals surface area (Å²) in [5, 5.41) is 8.19. The number of hydrogen-bond acceptors (Lipinski definition) is 12. The highest BCUT2D eigenvalue weighted by Crippen LogP contribution is 2.36. The average molecular weight is 1320 g/mol. The van der Waals surface area contributed by atoms with Crippen molar-refractivity contribution in [2.24, 2.45) is 11.8 Å². The summed E-state index contributed by atoms with van der Waals surface area (Å²) in [4.78, 5) is 0. The van der Waals surface area contributed by atoms with Crippen LogP contribution in [0.15, 0.2) is 0 Å². The lowest BCUT2D eigenvalue weighted by Gasteiger charge is -2.33. The van der Waals surface area contributed by atoms with E-state index in [1.807, 2.05) is 145 Å². The number of methoxy groups -OCH3 is 1. The van der Waals surface area contributed by atoms with Gasteiger partial charge in [-0.3, -0.25) is 4.39 Å². The lowest BCUT2D eigenvalue weighted by atomic mass is 9.83. The molecular weight excluding hydrogens is 1170 g/mol. The summed E-state index contributed by atoms with van der Waals surface area (Å²) in [6.07, 6.45) is 8.41. The zero-order valence-corrected chi connectivity index (χ0v) is 62.2. The van der Waals surface area contributed by atoms with Crippen LogP contribution in [-0.2, 0) is 52.1 Å². The van der Waals surface area contributed by atoms with Gasteiger partial charge >= 0.3 is 0 Å². The molecule has 550 valence electrons. The van der Waals surface area contributed by atoms with Crippen molar-refractivity contribution in [3.8, 4) is 0 Å². The predicted octanol–water partition coefficient (Wildman–Crippen LogP) is 19.1. The van der Waals surface area contributed by atoms with Gasteiger partial charge in [0, 0.05) is 46.4 Å². The summed E-state index contributed by atoms with van der Waals surface area (Å²) < 4.78 is 151. The van der Waals surface area contributed by atoms with E-state index in [9.17, 15) is 35.1 Å². The van der Waals surface area contributed by atoms with Gasteiger partial charge in [0.1, 0.15) is 30.4 Å². The van der Waals surface area contributed by atoms with Crippen molar-refractivity contribution < 1.29 is 92.3 Å². The molecule has 0 aromatic rings. The van der Waals surface area contributed by atoms with Gasteiger partial charge in [-0.2, -0.15) is 0 Å². The fourth-order valence-corrected chi connectivity index (χ4v) is 5.42. The Labute approximate surface area is 543 Å². The molecule has 3 aliphatic rings. The van der Waals surface area contributed by atoms with Gasteiger partial charge in [0.25, 0.3) is 0 Å². The second-order valence-corrected chi connectivity index (χ2v) is 25.4. The van der Waals surface area contributed by atoms with Crippen LogP contribution in [0.3, 0.4) is 0 Å². The van der Waals surface area contributed by atoms with Crippen LogP contribution in [0.4, 0.5) is 35.1 Å². The molecule has 0 amide bonds. The largest absolute Gasteiger partial charge is 0.394 e. The molecular formula is C69H146F8O12. The van der Waals surface area contributed by atoms with Crippen molar-refractivity contribution in [1.82, 2.24) is 0 Å². The van der Waals surface area contributed by atoms with E-state index in [2.05, 4.69) is 13.8 Å². The number of halogens is 8. The molecule has 0 aromatic carbocycles. The molecule has 2 unspecified atom stereocenters. The molecule has 0 aliphatic heterocycles. The van der Waals surface area contributed by atoms with Crippen LogP contribution in [-0.4, -0.2) is 195 Å². The summed E-state index contributed by atoms with van der Waals surface area (Å²) in [5.41, 5.74) is -2.06. The van der Waals surface area contributed by atoms with Crippen LogP contribution in [0.25, 0.3) is 0 Å². The van der Waals surface area contributed by atoms with E-state index in [-0.39, 0.29) is 95.0 Å². The van der Waals surface area contributed by atoms with Crippen LogP contribution in [0.1, 0.15) is 251 Å². The Morgan fingerprint density at radius 1 is 0.472 bits per heavy atom. The third kappa shape index (κ3) is 121. The standard InChI is InChI=1S/2C8H15FO.C8H17FO.C8H16O.C6H12F2O.2C6H13FO.C5H11FO.C5H12O2.C5H12O.C4H10O/c1-6(2)10-5-8(9)7-3-4-7;1-7(2)10-6-8(9)4-3-5-8;1-7(2)10-6-5-8(3,4)9;1-7(2)9-6-8-4-3-5-8;1-5(2)9-4-3-6(7)8;1-5(2)8-4-6(3)7;1-6(2)8-5-3-4-7;2*1-5(2)7-4-3-6;1-4-6-5(2)3;1-4(2)5-3/h6-8H,3-5H2,1-2H3;7H,3-6H2,1-2H3;7H,5-6H2,1-4H3;7-8H,3-6H2,1-2H3;5-6H,3-4H2,1-2H3;5-6H,4H2,1-3H3;6H,3-5H2,1-2H3;5H,3-4H2,1-2H3;5-6H,3-4H2,1-2H3;5H,4H2,1-3H3;4H,1-3H3. The zero-order chi connectivity index (χ0) is 71.0. The molecule has 0 saturated heterocycles. The SMILES string of the molecule is CC(C)OCC(F)C1CC1.CC(C)OCC1(F)CCC1.CC(C)OCC1CCC1.CC(C)OCCC(C)(C)F.CC(C)OCCC(F)F.CC(C)OCCCF.CC(C)OCCF.CC(C)OCCO.CC(F)COC(C)C.CCOC(C)C.COC(C)C. The lowest BCUT2D eigenvalue weighted by Crippen LogP contribution is -2.37. The van der Waals surface area contributed by atoms with Crippen LogP contribution in [0.5, 0.6) is 0 Å². The second-order valence-electron chi connectivity index (χ2n) is 25.4. The minimum absolute atomic E-state index is 0.0590. The third-order valence-corrected chi connectivity index (χ3v) is 10.9. The summed E-state index contributed by atoms with van der Waals surface area (Å²) in [6, 6.07) is 0. The fourth-order valence-electron chi connectivity index (χ4n) is 5.42. The van der Waals surface area contributed by atoms with Gasteiger partial charge in [0.05, 0.1) is 120 Å². The molecule has 3 rings (SSSR count). The highest BCUT2D eigenvalue weighted by molar-refractivity contribution is 4.88. The Morgan fingerprint density at radius 2 is 0.865 bits per heavy atom. The number of rotatable bonds is 34. The minimum atomic E-state index is -2.23. The van der Waals surface area contributed by atoms with Crippen LogP contribution in [0.2, 0.25) is 0 Å². The molecule has 0 aromatic heterocycles. The van der Waals surface area contributed by atoms with Crippen molar-refractivity contribution in [3.63, 3.8) is 0 Å². The van der Waals surface area contributed by atoms with Gasteiger partial charge in [-0.1, -0.05) is 6.42 Å². The molecule has 1 N–H and O–H groups in total. The molecule has 3 saturated carbocycles. The fraction of sp³-hybridized carbons (Fsp3) is 1.00. The maximum atomic E-state index is 13.1. The third-order valence-electron chi connectivity index (χ3n) is 10.9. The Kier molecular flexibility index (Phi) is 85.1. The Bertz CT molecular complexity index is 1260. The zero-order valence-electron chi connectivity index (χ0n) is 62.2. The monoisotopic (exact) mass is 1320 g/mol. The minimum Gasteiger partial charge on any atom is -0.394 e. The van der Waals surface area contributed by atoms with Crippen LogP contribution >= 0.6 is 0 Å². The molecule has 89 heavy (non-hydrogen) atoms. The van der Waals surface area contributed by atoms with Crippen LogP contribution in [0, 0.1) is 11.8 Å². The van der Waals surface area contributed by atoms with E-state index in [1.54, 1.807) is 21.0 Å². The summed E-state index contributed by atoms with van der Waals surface area (Å²) in [6.45, 7) is 53.5. The van der Waals surface area contributed by atoms with E-state index < -0.39 is 30.1 Å². The average Bonchev–Trinajstić information content (AvgIpc) is 4.46. The number of alkyl halides is 8. The topological polar surface area (TPSA) is 122 Å². The molecule has 3 aliphatic carbocycles. The number of hydrogen-bond donors (Lipinski definition) is 1. The molecule has 0 radical (unpaired) electrons.